The van der Waals surface area contributed by atoms with E-state index in [0.29, 0.717) is 5.92 Å². The number of aromatic nitrogens is 2. The zero-order valence-corrected chi connectivity index (χ0v) is 15.9. The normalized spacial score (nSPS) is 30.2. The molecule has 0 N–H and O–H groups in total. The van der Waals surface area contributed by atoms with Gasteiger partial charge in [-0.15, -0.1) is 0 Å². The summed E-state index contributed by atoms with van der Waals surface area (Å²) in [4.78, 5) is 10.4. The van der Waals surface area contributed by atoms with Crippen molar-refractivity contribution in [3.8, 4) is 0 Å². The molecule has 0 aromatic carbocycles. The van der Waals surface area contributed by atoms with Gasteiger partial charge in [0.1, 0.15) is 5.82 Å². The maximum absolute atomic E-state index is 5.49. The van der Waals surface area contributed by atoms with Crippen molar-refractivity contribution in [2.75, 3.05) is 45.9 Å². The molecule has 26 heavy (non-hydrogen) atoms. The minimum absolute atomic E-state index is 0.605. The minimum Gasteiger partial charge on any atom is -0.379 e. The summed E-state index contributed by atoms with van der Waals surface area (Å²) in [5, 5.41) is 2.66. The molecule has 0 radical (unpaired) electrons. The van der Waals surface area contributed by atoms with Gasteiger partial charge in [-0.25, -0.2) is 4.98 Å². The summed E-state index contributed by atoms with van der Waals surface area (Å²) < 4.78 is 8.03. The molecule has 1 aromatic heterocycles. The number of rotatable bonds is 2. The molecule has 4 aliphatic rings. The van der Waals surface area contributed by atoms with Gasteiger partial charge in [-0.1, -0.05) is 18.6 Å². The Balaban J connectivity index is 1.38. The minimum atomic E-state index is 0.605. The van der Waals surface area contributed by atoms with E-state index in [2.05, 4.69) is 26.5 Å². The molecule has 0 saturated carbocycles. The highest BCUT2D eigenvalue weighted by Gasteiger charge is 2.27. The Hall–Kier alpha value is -1.17. The van der Waals surface area contributed by atoms with Crippen LogP contribution in [0.4, 0.5) is 0 Å². The molecule has 0 amide bonds. The Kier molecular flexibility index (Phi) is 4.86. The van der Waals surface area contributed by atoms with Crippen LogP contribution >= 0.6 is 0 Å². The molecule has 0 bridgehead atoms. The molecular weight excluding hydrogens is 324 g/mol. The molecule has 2 saturated heterocycles. The van der Waals surface area contributed by atoms with Gasteiger partial charge >= 0.3 is 0 Å². The number of hydrogen-bond acceptors (Lipinski definition) is 4. The summed E-state index contributed by atoms with van der Waals surface area (Å²) in [5.41, 5.74) is 0. The molecule has 4 heterocycles. The predicted molar refractivity (Wildman–Crippen MR) is 103 cm³/mol. The molecule has 1 aromatic rings. The van der Waals surface area contributed by atoms with Crippen LogP contribution in [0.2, 0.25) is 0 Å². The first kappa shape index (κ1) is 17.0. The topological polar surface area (TPSA) is 33.5 Å². The third-order valence-corrected chi connectivity index (χ3v) is 6.71. The van der Waals surface area contributed by atoms with Crippen LogP contribution in [0.5, 0.6) is 0 Å². The van der Waals surface area contributed by atoms with Crippen molar-refractivity contribution in [1.29, 1.82) is 0 Å². The van der Waals surface area contributed by atoms with Crippen molar-refractivity contribution < 1.29 is 4.74 Å². The first-order valence-corrected chi connectivity index (χ1v) is 10.7. The van der Waals surface area contributed by atoms with Crippen LogP contribution in [0, 0.1) is 5.92 Å². The van der Waals surface area contributed by atoms with Gasteiger partial charge in [0, 0.05) is 45.2 Å². The second-order valence-electron chi connectivity index (χ2n) is 8.47. The van der Waals surface area contributed by atoms with Crippen LogP contribution in [-0.4, -0.2) is 71.3 Å². The molecule has 2 atom stereocenters. The number of ether oxygens (including phenoxy) is 1. The monoisotopic (exact) mass is 356 g/mol. The summed E-state index contributed by atoms with van der Waals surface area (Å²) in [6, 6.07) is 0.718. The highest BCUT2D eigenvalue weighted by atomic mass is 16.5. The zero-order chi connectivity index (χ0) is 17.3. The molecule has 2 fully saturated rings. The van der Waals surface area contributed by atoms with Crippen LogP contribution in [0.1, 0.15) is 37.9 Å². The van der Waals surface area contributed by atoms with Gasteiger partial charge in [0.05, 0.1) is 23.9 Å². The second-order valence-corrected chi connectivity index (χ2v) is 8.47. The highest BCUT2D eigenvalue weighted by Crippen LogP contribution is 2.22. The lowest BCUT2D eigenvalue weighted by Crippen LogP contribution is -2.44. The van der Waals surface area contributed by atoms with Crippen LogP contribution in [0.3, 0.4) is 0 Å². The second kappa shape index (κ2) is 7.45. The van der Waals surface area contributed by atoms with E-state index in [0.717, 1.165) is 58.3 Å². The fraction of sp³-hybridized carbons (Fsp3) is 0.762. The molecule has 0 spiro atoms. The van der Waals surface area contributed by atoms with Crippen molar-refractivity contribution in [2.45, 2.75) is 51.1 Å². The standard InChI is InChI=1S/C21H32N4O/c1-2-7-24-8-3-9-25-20-6-5-17(16-23-10-12-26-13-11-23)14-19(20)22-21(25)15-18(24)4-1/h6,14,17-18H,1-5,7-13,15-16H2. The zero-order valence-electron chi connectivity index (χ0n) is 15.9. The number of hydrogen-bond donors (Lipinski definition) is 0. The Morgan fingerprint density at radius 3 is 2.85 bits per heavy atom. The number of piperidine rings is 1. The number of morpholine rings is 1. The summed E-state index contributed by atoms with van der Waals surface area (Å²) in [6.07, 6.45) is 12.6. The van der Waals surface area contributed by atoms with E-state index in [1.807, 2.05) is 0 Å². The van der Waals surface area contributed by atoms with Crippen LogP contribution in [-0.2, 0) is 17.7 Å². The number of nitrogens with zero attached hydrogens (tertiary/aromatic N) is 4. The van der Waals surface area contributed by atoms with Gasteiger partial charge in [0.15, 0.2) is 0 Å². The van der Waals surface area contributed by atoms with E-state index in [9.17, 15) is 0 Å². The quantitative estimate of drug-likeness (QED) is 0.777. The third kappa shape index (κ3) is 3.37. The van der Waals surface area contributed by atoms with Crippen LogP contribution < -0.4 is 10.7 Å². The van der Waals surface area contributed by atoms with Crippen molar-refractivity contribution >= 4 is 12.2 Å². The number of imidazole rings is 1. The Labute approximate surface area is 156 Å². The van der Waals surface area contributed by atoms with Gasteiger partial charge in [-0.05, 0) is 38.1 Å². The molecule has 2 unspecified atom stereocenters. The molecule has 3 aliphatic heterocycles. The average Bonchev–Trinajstić information content (AvgIpc) is 2.98. The van der Waals surface area contributed by atoms with Crippen molar-refractivity contribution in [3.63, 3.8) is 0 Å². The lowest BCUT2D eigenvalue weighted by atomic mass is 9.98. The highest BCUT2D eigenvalue weighted by molar-refractivity contribution is 5.38. The van der Waals surface area contributed by atoms with E-state index < -0.39 is 0 Å². The Morgan fingerprint density at radius 1 is 1.04 bits per heavy atom. The fourth-order valence-electron chi connectivity index (χ4n) is 5.30. The summed E-state index contributed by atoms with van der Waals surface area (Å²) in [6.45, 7) is 8.78. The van der Waals surface area contributed by atoms with Gasteiger partial charge < -0.3 is 9.30 Å². The SMILES string of the molecule is C1=c2nc3n(c2=CCC1CN1CCOCC1)CCCN1CCCCC1C3. The average molecular weight is 357 g/mol. The van der Waals surface area contributed by atoms with Gasteiger partial charge in [-0.3, -0.25) is 9.80 Å². The maximum atomic E-state index is 5.49. The predicted octanol–water partition coefficient (Wildman–Crippen LogP) is 0.597. The van der Waals surface area contributed by atoms with E-state index in [-0.39, 0.29) is 0 Å². The molecule has 5 nitrogen and oxygen atoms in total. The largest absolute Gasteiger partial charge is 0.379 e. The Bertz CT molecular complexity index is 749. The maximum Gasteiger partial charge on any atom is 0.111 e. The first-order chi connectivity index (χ1) is 12.9. The van der Waals surface area contributed by atoms with Crippen LogP contribution in [0.25, 0.3) is 12.2 Å². The van der Waals surface area contributed by atoms with Crippen molar-refractivity contribution in [3.05, 3.63) is 16.5 Å². The summed E-state index contributed by atoms with van der Waals surface area (Å²) >= 11 is 0. The molecule has 1 aliphatic carbocycles. The molecular formula is C21H32N4O. The van der Waals surface area contributed by atoms with E-state index in [1.165, 1.54) is 55.3 Å². The molecule has 142 valence electrons. The number of fused-ring (bicyclic) bond motifs is 4. The van der Waals surface area contributed by atoms with E-state index in [4.69, 9.17) is 9.72 Å². The summed E-state index contributed by atoms with van der Waals surface area (Å²) in [5.74, 6) is 1.94. The van der Waals surface area contributed by atoms with E-state index in [1.54, 1.807) is 0 Å². The van der Waals surface area contributed by atoms with Gasteiger partial charge in [-0.2, -0.15) is 0 Å². The first-order valence-electron chi connectivity index (χ1n) is 10.7. The molecule has 5 heteroatoms. The van der Waals surface area contributed by atoms with Gasteiger partial charge in [0.25, 0.3) is 0 Å². The van der Waals surface area contributed by atoms with Crippen molar-refractivity contribution in [1.82, 2.24) is 19.4 Å². The van der Waals surface area contributed by atoms with Crippen molar-refractivity contribution in [2.24, 2.45) is 5.92 Å². The summed E-state index contributed by atoms with van der Waals surface area (Å²) in [7, 11) is 0. The fourth-order valence-corrected chi connectivity index (χ4v) is 5.30. The third-order valence-electron chi connectivity index (χ3n) is 6.71. The van der Waals surface area contributed by atoms with Gasteiger partial charge in [0.2, 0.25) is 0 Å². The molecule has 5 rings (SSSR count). The smallest absolute Gasteiger partial charge is 0.111 e. The van der Waals surface area contributed by atoms with E-state index >= 15 is 0 Å². The van der Waals surface area contributed by atoms with Crippen LogP contribution in [0.15, 0.2) is 0 Å². The Morgan fingerprint density at radius 2 is 1.92 bits per heavy atom. The lowest BCUT2D eigenvalue weighted by Gasteiger charge is -2.37. The lowest BCUT2D eigenvalue weighted by molar-refractivity contribution is 0.0344.